The first-order valence-corrected chi connectivity index (χ1v) is 5.79. The zero-order valence-electron chi connectivity index (χ0n) is 9.71. The Morgan fingerprint density at radius 3 is 2.53 bits per heavy atom. The Labute approximate surface area is 90.7 Å². The molecule has 0 radical (unpaired) electrons. The molecule has 0 saturated heterocycles. The highest BCUT2D eigenvalue weighted by Gasteiger charge is 2.35. The first-order chi connectivity index (χ1) is 7.09. The van der Waals surface area contributed by atoms with Crippen LogP contribution in [0.1, 0.15) is 43.9 Å². The number of aromatic amines is 1. The molecule has 1 saturated carbocycles. The van der Waals surface area contributed by atoms with Crippen LogP contribution in [-0.4, -0.2) is 4.98 Å². The predicted octanol–water partition coefficient (Wildman–Crippen LogP) is 2.83. The van der Waals surface area contributed by atoms with Crippen molar-refractivity contribution >= 4 is 0 Å². The Bertz CT molecular complexity index is 399. The zero-order valence-corrected chi connectivity index (χ0v) is 9.71. The second kappa shape index (κ2) is 3.84. The third-order valence-electron chi connectivity index (χ3n) is 3.35. The van der Waals surface area contributed by atoms with Gasteiger partial charge in [0.1, 0.15) is 0 Å². The molecule has 1 aliphatic carbocycles. The smallest absolute Gasteiger partial charge is 0.248 e. The average molecular weight is 205 g/mol. The number of hydrogen-bond donors (Lipinski definition) is 1. The molecule has 2 rings (SSSR count). The van der Waals surface area contributed by atoms with Gasteiger partial charge in [-0.25, -0.2) is 0 Å². The molecule has 1 fully saturated rings. The van der Waals surface area contributed by atoms with Crippen LogP contribution in [0.5, 0.6) is 0 Å². The molecule has 2 heteroatoms. The highest BCUT2D eigenvalue weighted by molar-refractivity contribution is 5.24. The van der Waals surface area contributed by atoms with Gasteiger partial charge in [0, 0.05) is 17.7 Å². The lowest BCUT2D eigenvalue weighted by molar-refractivity contribution is 0.437. The lowest BCUT2D eigenvalue weighted by atomic mass is 9.86. The third kappa shape index (κ3) is 2.14. The summed E-state index contributed by atoms with van der Waals surface area (Å²) in [6.07, 6.45) is 2.64. The maximum absolute atomic E-state index is 11.4. The van der Waals surface area contributed by atoms with Gasteiger partial charge in [-0.3, -0.25) is 4.79 Å². The number of nitrogens with one attached hydrogen (secondary N) is 1. The van der Waals surface area contributed by atoms with Crippen LogP contribution in [-0.2, 0) is 0 Å². The Balaban J connectivity index is 2.40. The minimum Gasteiger partial charge on any atom is -0.326 e. The lowest BCUT2D eigenvalue weighted by Crippen LogP contribution is -2.17. The van der Waals surface area contributed by atoms with Crippen LogP contribution >= 0.6 is 0 Å². The molecule has 82 valence electrons. The van der Waals surface area contributed by atoms with E-state index in [1.54, 1.807) is 6.07 Å². The number of H-pyrrole nitrogens is 1. The number of aromatic nitrogens is 1. The summed E-state index contributed by atoms with van der Waals surface area (Å²) in [4.78, 5) is 14.4. The van der Waals surface area contributed by atoms with E-state index >= 15 is 0 Å². The van der Waals surface area contributed by atoms with Crippen LogP contribution in [0.25, 0.3) is 0 Å². The number of hydrogen-bond acceptors (Lipinski definition) is 1. The summed E-state index contributed by atoms with van der Waals surface area (Å²) in [6.45, 7) is 6.57. The SMILES string of the molecule is Cc1ccc(=O)[nH]c1C(C(C)C)C1CC1. The van der Waals surface area contributed by atoms with Gasteiger partial charge in [0.15, 0.2) is 0 Å². The Kier molecular flexibility index (Phi) is 2.68. The highest BCUT2D eigenvalue weighted by Crippen LogP contribution is 2.46. The Hall–Kier alpha value is -1.05. The van der Waals surface area contributed by atoms with Gasteiger partial charge in [-0.05, 0) is 37.2 Å². The van der Waals surface area contributed by atoms with E-state index in [1.807, 2.05) is 6.07 Å². The summed E-state index contributed by atoms with van der Waals surface area (Å²) in [5, 5.41) is 0. The van der Waals surface area contributed by atoms with Crippen molar-refractivity contribution in [3.63, 3.8) is 0 Å². The highest BCUT2D eigenvalue weighted by atomic mass is 16.1. The van der Waals surface area contributed by atoms with Crippen molar-refractivity contribution in [3.05, 3.63) is 33.7 Å². The molecule has 0 aliphatic heterocycles. The monoisotopic (exact) mass is 205 g/mol. The van der Waals surface area contributed by atoms with Gasteiger partial charge in [-0.2, -0.15) is 0 Å². The van der Waals surface area contributed by atoms with Crippen LogP contribution in [0.3, 0.4) is 0 Å². The minimum absolute atomic E-state index is 0.0295. The Morgan fingerprint density at radius 2 is 2.00 bits per heavy atom. The summed E-state index contributed by atoms with van der Waals surface area (Å²) in [6, 6.07) is 3.55. The molecule has 2 nitrogen and oxygen atoms in total. The standard InChI is InChI=1S/C13H19NO/c1-8(2)12(10-5-6-10)13-9(3)4-7-11(15)14-13/h4,7-8,10,12H,5-6H2,1-3H3,(H,14,15). The normalized spacial score (nSPS) is 18.1. The summed E-state index contributed by atoms with van der Waals surface area (Å²) in [5.41, 5.74) is 2.42. The second-order valence-corrected chi connectivity index (χ2v) is 5.03. The first kappa shape index (κ1) is 10.5. The van der Waals surface area contributed by atoms with Crippen LogP contribution in [0.2, 0.25) is 0 Å². The molecule has 0 spiro atoms. The second-order valence-electron chi connectivity index (χ2n) is 5.03. The molecule has 1 heterocycles. The summed E-state index contributed by atoms with van der Waals surface area (Å²) in [5.74, 6) is 1.94. The number of aryl methyl sites for hydroxylation is 1. The van der Waals surface area contributed by atoms with E-state index in [9.17, 15) is 4.79 Å². The molecular formula is C13H19NO. The fourth-order valence-corrected chi connectivity index (χ4v) is 2.48. The van der Waals surface area contributed by atoms with Gasteiger partial charge < -0.3 is 4.98 Å². The van der Waals surface area contributed by atoms with Crippen LogP contribution < -0.4 is 5.56 Å². The topological polar surface area (TPSA) is 32.9 Å². The predicted molar refractivity (Wildman–Crippen MR) is 62.1 cm³/mol. The van der Waals surface area contributed by atoms with E-state index in [0.29, 0.717) is 11.8 Å². The molecule has 1 atom stereocenters. The minimum atomic E-state index is 0.0295. The third-order valence-corrected chi connectivity index (χ3v) is 3.35. The van der Waals surface area contributed by atoms with Crippen molar-refractivity contribution in [1.82, 2.24) is 4.98 Å². The van der Waals surface area contributed by atoms with Crippen molar-refractivity contribution in [3.8, 4) is 0 Å². The Morgan fingerprint density at radius 1 is 1.33 bits per heavy atom. The van der Waals surface area contributed by atoms with Gasteiger partial charge in [-0.15, -0.1) is 0 Å². The van der Waals surface area contributed by atoms with Gasteiger partial charge in [0.2, 0.25) is 5.56 Å². The summed E-state index contributed by atoms with van der Waals surface area (Å²) < 4.78 is 0. The van der Waals surface area contributed by atoms with Crippen molar-refractivity contribution in [2.75, 3.05) is 0 Å². The molecule has 1 N–H and O–H groups in total. The molecule has 1 aromatic heterocycles. The fourth-order valence-electron chi connectivity index (χ4n) is 2.48. The lowest BCUT2D eigenvalue weighted by Gasteiger charge is -2.22. The zero-order chi connectivity index (χ0) is 11.0. The van der Waals surface area contributed by atoms with E-state index in [0.717, 1.165) is 5.92 Å². The van der Waals surface area contributed by atoms with Crippen LogP contribution in [0.15, 0.2) is 16.9 Å². The fraction of sp³-hybridized carbons (Fsp3) is 0.615. The summed E-state index contributed by atoms with van der Waals surface area (Å²) in [7, 11) is 0. The average Bonchev–Trinajstić information content (AvgIpc) is 2.95. The van der Waals surface area contributed by atoms with Crippen molar-refractivity contribution in [2.45, 2.75) is 39.5 Å². The first-order valence-electron chi connectivity index (χ1n) is 5.79. The molecule has 1 aromatic rings. The molecule has 0 bridgehead atoms. The van der Waals surface area contributed by atoms with Crippen LogP contribution in [0, 0.1) is 18.8 Å². The molecule has 1 aliphatic rings. The summed E-state index contributed by atoms with van der Waals surface area (Å²) >= 11 is 0. The van der Waals surface area contributed by atoms with E-state index in [-0.39, 0.29) is 5.56 Å². The molecule has 0 amide bonds. The maximum atomic E-state index is 11.4. The van der Waals surface area contributed by atoms with E-state index in [4.69, 9.17) is 0 Å². The molecule has 1 unspecified atom stereocenters. The molecule has 0 aromatic carbocycles. The van der Waals surface area contributed by atoms with E-state index in [1.165, 1.54) is 24.1 Å². The van der Waals surface area contributed by atoms with Gasteiger partial charge >= 0.3 is 0 Å². The largest absolute Gasteiger partial charge is 0.326 e. The van der Waals surface area contributed by atoms with Gasteiger partial charge in [0.05, 0.1) is 0 Å². The van der Waals surface area contributed by atoms with Crippen molar-refractivity contribution < 1.29 is 0 Å². The van der Waals surface area contributed by atoms with Crippen LogP contribution in [0.4, 0.5) is 0 Å². The van der Waals surface area contributed by atoms with Crippen molar-refractivity contribution in [1.29, 1.82) is 0 Å². The molecular weight excluding hydrogens is 186 g/mol. The van der Waals surface area contributed by atoms with Crippen molar-refractivity contribution in [2.24, 2.45) is 11.8 Å². The van der Waals surface area contributed by atoms with E-state index in [2.05, 4.69) is 25.8 Å². The maximum Gasteiger partial charge on any atom is 0.248 e. The number of pyridine rings is 1. The van der Waals surface area contributed by atoms with E-state index < -0.39 is 0 Å². The molecule has 15 heavy (non-hydrogen) atoms. The van der Waals surface area contributed by atoms with Gasteiger partial charge in [-0.1, -0.05) is 19.9 Å². The number of rotatable bonds is 3. The van der Waals surface area contributed by atoms with Gasteiger partial charge in [0.25, 0.3) is 0 Å². The quantitative estimate of drug-likeness (QED) is 0.808.